The van der Waals surface area contributed by atoms with E-state index in [9.17, 15) is 0 Å². The van der Waals surface area contributed by atoms with E-state index in [0.717, 1.165) is 27.3 Å². The third-order valence-corrected chi connectivity index (χ3v) is 3.76. The molecule has 0 atom stereocenters. The van der Waals surface area contributed by atoms with Crippen molar-refractivity contribution in [2.24, 2.45) is 0 Å². The van der Waals surface area contributed by atoms with Gasteiger partial charge >= 0.3 is 0 Å². The summed E-state index contributed by atoms with van der Waals surface area (Å²) in [4.78, 5) is 0. The highest BCUT2D eigenvalue weighted by atomic mass is 79.9. The van der Waals surface area contributed by atoms with Crippen molar-refractivity contribution < 1.29 is 14.2 Å². The lowest BCUT2D eigenvalue weighted by Gasteiger charge is -2.12. The zero-order valence-electron chi connectivity index (χ0n) is 11.6. The molecule has 0 bridgehead atoms. The standard InChI is InChI=1S/C16H16BrClO3/c1-19-13-5-7-14(8-6-13)20-9-10-21-16-12(11-18)3-2-4-15(16)17/h2-8H,9-11H2,1H3. The molecule has 0 aliphatic heterocycles. The van der Waals surface area contributed by atoms with Crippen LogP contribution < -0.4 is 14.2 Å². The van der Waals surface area contributed by atoms with Gasteiger partial charge in [-0.3, -0.25) is 0 Å². The van der Waals surface area contributed by atoms with Gasteiger partial charge in [-0.25, -0.2) is 0 Å². The fourth-order valence-corrected chi connectivity index (χ4v) is 2.53. The number of hydrogen-bond acceptors (Lipinski definition) is 3. The van der Waals surface area contributed by atoms with Gasteiger partial charge in [0.2, 0.25) is 0 Å². The highest BCUT2D eigenvalue weighted by Gasteiger charge is 2.07. The van der Waals surface area contributed by atoms with Gasteiger partial charge in [0.25, 0.3) is 0 Å². The maximum atomic E-state index is 5.90. The number of ether oxygens (including phenoxy) is 3. The third-order valence-electron chi connectivity index (χ3n) is 2.85. The number of hydrogen-bond donors (Lipinski definition) is 0. The molecule has 0 spiro atoms. The molecule has 0 unspecified atom stereocenters. The van der Waals surface area contributed by atoms with Crippen LogP contribution in [0.5, 0.6) is 17.2 Å². The summed E-state index contributed by atoms with van der Waals surface area (Å²) in [6, 6.07) is 13.2. The molecule has 0 aliphatic rings. The molecule has 112 valence electrons. The van der Waals surface area contributed by atoms with E-state index in [0.29, 0.717) is 19.1 Å². The van der Waals surface area contributed by atoms with Crippen molar-refractivity contribution in [2.75, 3.05) is 20.3 Å². The van der Waals surface area contributed by atoms with Crippen molar-refractivity contribution in [3.8, 4) is 17.2 Å². The molecule has 0 radical (unpaired) electrons. The first kappa shape index (κ1) is 16.0. The second-order valence-corrected chi connectivity index (χ2v) is 5.36. The summed E-state index contributed by atoms with van der Waals surface area (Å²) in [6.45, 7) is 0.897. The lowest BCUT2D eigenvalue weighted by atomic mass is 10.2. The van der Waals surface area contributed by atoms with Crippen LogP contribution in [0.1, 0.15) is 5.56 Å². The van der Waals surface area contributed by atoms with Crippen molar-refractivity contribution in [3.63, 3.8) is 0 Å². The molecule has 5 heteroatoms. The highest BCUT2D eigenvalue weighted by molar-refractivity contribution is 9.10. The number of rotatable bonds is 7. The number of benzene rings is 2. The topological polar surface area (TPSA) is 27.7 Å². The van der Waals surface area contributed by atoms with Crippen molar-refractivity contribution >= 4 is 27.5 Å². The Morgan fingerprint density at radius 3 is 2.29 bits per heavy atom. The van der Waals surface area contributed by atoms with Crippen LogP contribution in [-0.4, -0.2) is 20.3 Å². The van der Waals surface area contributed by atoms with Crippen LogP contribution in [0.15, 0.2) is 46.9 Å². The average molecular weight is 372 g/mol. The molecule has 0 fully saturated rings. The minimum absolute atomic E-state index is 0.411. The normalized spacial score (nSPS) is 10.2. The van der Waals surface area contributed by atoms with Crippen molar-refractivity contribution in [2.45, 2.75) is 5.88 Å². The summed E-state index contributed by atoms with van der Waals surface area (Å²) in [5.41, 5.74) is 0.954. The predicted molar refractivity (Wildman–Crippen MR) is 87.7 cm³/mol. The third kappa shape index (κ3) is 4.55. The Morgan fingerprint density at radius 2 is 1.62 bits per heavy atom. The Balaban J connectivity index is 1.84. The fraction of sp³-hybridized carbons (Fsp3) is 0.250. The molecule has 0 heterocycles. The van der Waals surface area contributed by atoms with Gasteiger partial charge in [-0.2, -0.15) is 0 Å². The minimum Gasteiger partial charge on any atom is -0.497 e. The minimum atomic E-state index is 0.411. The maximum Gasteiger partial charge on any atom is 0.138 e. The number of methoxy groups -OCH3 is 1. The van der Waals surface area contributed by atoms with Crippen molar-refractivity contribution in [1.82, 2.24) is 0 Å². The van der Waals surface area contributed by atoms with E-state index in [2.05, 4.69) is 15.9 Å². The second-order valence-electron chi connectivity index (χ2n) is 4.23. The largest absolute Gasteiger partial charge is 0.497 e. The maximum absolute atomic E-state index is 5.90. The summed E-state index contributed by atoms with van der Waals surface area (Å²) < 4.78 is 17.3. The molecule has 0 amide bonds. The first-order valence-corrected chi connectivity index (χ1v) is 7.80. The van der Waals surface area contributed by atoms with E-state index in [4.69, 9.17) is 25.8 Å². The zero-order chi connectivity index (χ0) is 15.1. The van der Waals surface area contributed by atoms with Gasteiger partial charge in [-0.15, -0.1) is 11.6 Å². The fourth-order valence-electron chi connectivity index (χ4n) is 1.80. The first-order chi connectivity index (χ1) is 10.2. The van der Waals surface area contributed by atoms with Gasteiger partial charge < -0.3 is 14.2 Å². The Kier molecular flexibility index (Phi) is 6.21. The quantitative estimate of drug-likeness (QED) is 0.523. The summed E-state index contributed by atoms with van der Waals surface area (Å²) in [6.07, 6.45) is 0. The van der Waals surface area contributed by atoms with Crippen LogP contribution in [0.2, 0.25) is 0 Å². The monoisotopic (exact) mass is 370 g/mol. The summed E-state index contributed by atoms with van der Waals surface area (Å²) >= 11 is 9.36. The Labute approximate surface area is 137 Å². The van der Waals surface area contributed by atoms with E-state index in [-0.39, 0.29) is 0 Å². The van der Waals surface area contributed by atoms with E-state index in [1.807, 2.05) is 42.5 Å². The first-order valence-electron chi connectivity index (χ1n) is 6.47. The van der Waals surface area contributed by atoms with Gasteiger partial charge in [0.15, 0.2) is 0 Å². The van der Waals surface area contributed by atoms with Crippen LogP contribution in [0, 0.1) is 0 Å². The average Bonchev–Trinajstić information content (AvgIpc) is 2.53. The molecule has 0 saturated carbocycles. The molecule has 2 rings (SSSR count). The predicted octanol–water partition coefficient (Wildman–Crippen LogP) is 4.65. The van der Waals surface area contributed by atoms with Crippen LogP contribution >= 0.6 is 27.5 Å². The highest BCUT2D eigenvalue weighted by Crippen LogP contribution is 2.30. The SMILES string of the molecule is COc1ccc(OCCOc2c(Br)cccc2CCl)cc1. The van der Waals surface area contributed by atoms with E-state index >= 15 is 0 Å². The van der Waals surface area contributed by atoms with E-state index in [1.165, 1.54) is 0 Å². The van der Waals surface area contributed by atoms with Gasteiger partial charge in [0.1, 0.15) is 30.5 Å². The lowest BCUT2D eigenvalue weighted by molar-refractivity contribution is 0.215. The van der Waals surface area contributed by atoms with E-state index < -0.39 is 0 Å². The number of para-hydroxylation sites is 1. The summed E-state index contributed by atoms with van der Waals surface area (Å²) in [5, 5.41) is 0. The summed E-state index contributed by atoms with van der Waals surface area (Å²) in [5.74, 6) is 2.77. The molecule has 0 N–H and O–H groups in total. The molecule has 3 nitrogen and oxygen atoms in total. The Hall–Kier alpha value is -1.39. The van der Waals surface area contributed by atoms with Gasteiger partial charge in [-0.05, 0) is 46.3 Å². The molecular weight excluding hydrogens is 356 g/mol. The number of halogens is 2. The lowest BCUT2D eigenvalue weighted by Crippen LogP contribution is -2.10. The second kappa shape index (κ2) is 8.15. The van der Waals surface area contributed by atoms with E-state index in [1.54, 1.807) is 7.11 Å². The van der Waals surface area contributed by atoms with Crippen LogP contribution in [0.25, 0.3) is 0 Å². The van der Waals surface area contributed by atoms with Crippen LogP contribution in [-0.2, 0) is 5.88 Å². The molecular formula is C16H16BrClO3. The molecule has 0 aliphatic carbocycles. The van der Waals surface area contributed by atoms with Crippen LogP contribution in [0.3, 0.4) is 0 Å². The van der Waals surface area contributed by atoms with Crippen LogP contribution in [0.4, 0.5) is 0 Å². The smallest absolute Gasteiger partial charge is 0.138 e. The van der Waals surface area contributed by atoms with Crippen molar-refractivity contribution in [1.29, 1.82) is 0 Å². The molecule has 21 heavy (non-hydrogen) atoms. The molecule has 0 aromatic heterocycles. The van der Waals surface area contributed by atoms with Crippen molar-refractivity contribution in [3.05, 3.63) is 52.5 Å². The zero-order valence-corrected chi connectivity index (χ0v) is 14.0. The van der Waals surface area contributed by atoms with Gasteiger partial charge in [-0.1, -0.05) is 12.1 Å². The Morgan fingerprint density at radius 1 is 0.952 bits per heavy atom. The molecule has 0 saturated heterocycles. The Bertz CT molecular complexity index is 572. The van der Waals surface area contributed by atoms with Gasteiger partial charge in [0.05, 0.1) is 17.5 Å². The molecule has 2 aromatic carbocycles. The molecule has 2 aromatic rings. The summed E-state index contributed by atoms with van der Waals surface area (Å²) in [7, 11) is 1.63. The van der Waals surface area contributed by atoms with Gasteiger partial charge in [0, 0.05) is 5.56 Å². The number of alkyl halides is 1.